The SMILES string of the molecule is Cn1ncnc1CS(=O)(=O)c1c(F)cc(N)cc1F. The van der Waals surface area contributed by atoms with Crippen LogP contribution in [0.5, 0.6) is 0 Å². The van der Waals surface area contributed by atoms with Crippen molar-refractivity contribution in [2.45, 2.75) is 10.6 Å². The quantitative estimate of drug-likeness (QED) is 0.837. The summed E-state index contributed by atoms with van der Waals surface area (Å²) in [6.45, 7) is 0. The molecule has 2 N–H and O–H groups in total. The Morgan fingerprint density at radius 3 is 2.37 bits per heavy atom. The van der Waals surface area contributed by atoms with Crippen molar-refractivity contribution in [2.75, 3.05) is 5.73 Å². The molecule has 0 amide bonds. The number of nitrogens with zero attached hydrogens (tertiary/aromatic N) is 3. The van der Waals surface area contributed by atoms with Gasteiger partial charge in [-0.15, -0.1) is 0 Å². The van der Waals surface area contributed by atoms with E-state index < -0.39 is 32.1 Å². The molecule has 102 valence electrons. The van der Waals surface area contributed by atoms with Gasteiger partial charge in [0.25, 0.3) is 0 Å². The normalized spacial score (nSPS) is 11.7. The minimum Gasteiger partial charge on any atom is -0.399 e. The van der Waals surface area contributed by atoms with Crippen molar-refractivity contribution in [1.29, 1.82) is 0 Å². The topological polar surface area (TPSA) is 90.9 Å². The van der Waals surface area contributed by atoms with Crippen LogP contribution >= 0.6 is 0 Å². The van der Waals surface area contributed by atoms with E-state index in [1.165, 1.54) is 11.7 Å². The summed E-state index contributed by atoms with van der Waals surface area (Å²) in [5.74, 6) is -3.02. The van der Waals surface area contributed by atoms with Gasteiger partial charge in [-0.05, 0) is 12.1 Å². The summed E-state index contributed by atoms with van der Waals surface area (Å²) in [5, 5.41) is 3.69. The molecular formula is C10H10F2N4O2S. The van der Waals surface area contributed by atoms with Gasteiger partial charge in [0.1, 0.15) is 34.4 Å². The van der Waals surface area contributed by atoms with Crippen molar-refractivity contribution in [2.24, 2.45) is 7.05 Å². The van der Waals surface area contributed by atoms with Crippen LogP contribution in [-0.4, -0.2) is 23.2 Å². The van der Waals surface area contributed by atoms with Gasteiger partial charge in [-0.25, -0.2) is 22.2 Å². The van der Waals surface area contributed by atoms with E-state index in [4.69, 9.17) is 5.73 Å². The van der Waals surface area contributed by atoms with Crippen LogP contribution in [0.25, 0.3) is 0 Å². The third kappa shape index (κ3) is 2.55. The third-order valence-electron chi connectivity index (χ3n) is 2.46. The molecule has 0 aliphatic heterocycles. The highest BCUT2D eigenvalue weighted by Crippen LogP contribution is 2.24. The summed E-state index contributed by atoms with van der Waals surface area (Å²) in [7, 11) is -2.73. The lowest BCUT2D eigenvalue weighted by atomic mass is 10.3. The predicted octanol–water partition coefficient (Wildman–Crippen LogP) is 0.649. The third-order valence-corrected chi connectivity index (χ3v) is 4.11. The number of hydrogen-bond donors (Lipinski definition) is 1. The number of nitrogens with two attached hydrogens (primary N) is 1. The average molecular weight is 288 g/mol. The van der Waals surface area contributed by atoms with Crippen LogP contribution in [0.15, 0.2) is 23.4 Å². The maximum Gasteiger partial charge on any atom is 0.191 e. The highest BCUT2D eigenvalue weighted by Gasteiger charge is 2.26. The number of halogens is 2. The lowest BCUT2D eigenvalue weighted by Crippen LogP contribution is -2.13. The van der Waals surface area contributed by atoms with E-state index in [1.54, 1.807) is 0 Å². The smallest absolute Gasteiger partial charge is 0.191 e. The molecule has 0 fully saturated rings. The second-order valence-electron chi connectivity index (χ2n) is 3.87. The molecule has 19 heavy (non-hydrogen) atoms. The van der Waals surface area contributed by atoms with Crippen molar-refractivity contribution in [3.63, 3.8) is 0 Å². The molecule has 1 aromatic carbocycles. The molecule has 0 atom stereocenters. The van der Waals surface area contributed by atoms with Crippen LogP contribution < -0.4 is 5.73 Å². The van der Waals surface area contributed by atoms with Crippen LogP contribution in [0.4, 0.5) is 14.5 Å². The molecule has 0 spiro atoms. The first-order valence-corrected chi connectivity index (χ1v) is 6.76. The number of sulfone groups is 1. The fourth-order valence-corrected chi connectivity index (χ4v) is 3.03. The molecule has 0 unspecified atom stereocenters. The van der Waals surface area contributed by atoms with Gasteiger partial charge in [0, 0.05) is 12.7 Å². The molecule has 0 saturated carbocycles. The predicted molar refractivity (Wildman–Crippen MR) is 62.7 cm³/mol. The van der Waals surface area contributed by atoms with E-state index in [9.17, 15) is 17.2 Å². The standard InChI is InChI=1S/C10H10F2N4O2S/c1-16-9(14-5-15-16)4-19(17,18)10-7(11)2-6(13)3-8(10)12/h2-3,5H,4,13H2,1H3. The van der Waals surface area contributed by atoms with Crippen LogP contribution in [0.2, 0.25) is 0 Å². The Morgan fingerprint density at radius 1 is 1.32 bits per heavy atom. The van der Waals surface area contributed by atoms with Crippen LogP contribution in [0, 0.1) is 11.6 Å². The Bertz CT molecular complexity index is 704. The maximum absolute atomic E-state index is 13.6. The maximum atomic E-state index is 13.6. The lowest BCUT2D eigenvalue weighted by molar-refractivity contribution is 0.519. The zero-order valence-electron chi connectivity index (χ0n) is 9.84. The van der Waals surface area contributed by atoms with Crippen molar-refractivity contribution in [1.82, 2.24) is 14.8 Å². The summed E-state index contributed by atoms with van der Waals surface area (Å²) in [5.41, 5.74) is 5.04. The molecule has 1 heterocycles. The van der Waals surface area contributed by atoms with Gasteiger partial charge < -0.3 is 5.73 Å². The zero-order valence-corrected chi connectivity index (χ0v) is 10.7. The van der Waals surface area contributed by atoms with E-state index in [0.29, 0.717) is 0 Å². The molecule has 0 saturated heterocycles. The number of rotatable bonds is 3. The van der Waals surface area contributed by atoms with Crippen LogP contribution in [0.3, 0.4) is 0 Å². The molecular weight excluding hydrogens is 278 g/mol. The molecule has 0 radical (unpaired) electrons. The van der Waals surface area contributed by atoms with Gasteiger partial charge in [-0.1, -0.05) is 0 Å². The summed E-state index contributed by atoms with van der Waals surface area (Å²) in [4.78, 5) is 2.70. The minimum atomic E-state index is -4.21. The molecule has 1 aromatic heterocycles. The minimum absolute atomic E-state index is 0.0793. The van der Waals surface area contributed by atoms with Gasteiger partial charge in [0.05, 0.1) is 0 Å². The first-order valence-electron chi connectivity index (χ1n) is 5.11. The highest BCUT2D eigenvalue weighted by atomic mass is 32.2. The molecule has 9 heteroatoms. The Labute approximate surface area is 107 Å². The molecule has 0 aliphatic rings. The van der Waals surface area contributed by atoms with Gasteiger partial charge in [-0.3, -0.25) is 4.68 Å². The van der Waals surface area contributed by atoms with Crippen molar-refractivity contribution in [3.8, 4) is 0 Å². The monoisotopic (exact) mass is 288 g/mol. The molecule has 0 bridgehead atoms. The summed E-state index contributed by atoms with van der Waals surface area (Å²) >= 11 is 0. The zero-order chi connectivity index (χ0) is 14.2. The molecule has 6 nitrogen and oxygen atoms in total. The summed E-state index contributed by atoms with van der Waals surface area (Å²) in [6.07, 6.45) is 1.15. The van der Waals surface area contributed by atoms with Gasteiger partial charge in [-0.2, -0.15) is 5.10 Å². The molecule has 0 aliphatic carbocycles. The van der Waals surface area contributed by atoms with Crippen LogP contribution in [-0.2, 0) is 22.6 Å². The Hall–Kier alpha value is -2.03. The summed E-state index contributed by atoms with van der Waals surface area (Å²) < 4.78 is 52.4. The van der Waals surface area contributed by atoms with Crippen LogP contribution in [0.1, 0.15) is 5.82 Å². The van der Waals surface area contributed by atoms with Gasteiger partial charge in [0.2, 0.25) is 0 Å². The van der Waals surface area contributed by atoms with E-state index in [-0.39, 0.29) is 11.5 Å². The Morgan fingerprint density at radius 2 is 1.89 bits per heavy atom. The highest BCUT2D eigenvalue weighted by molar-refractivity contribution is 7.90. The first kappa shape index (κ1) is 13.4. The van der Waals surface area contributed by atoms with Crippen molar-refractivity contribution in [3.05, 3.63) is 35.9 Å². The average Bonchev–Trinajstić information content (AvgIpc) is 2.61. The second kappa shape index (κ2) is 4.57. The van der Waals surface area contributed by atoms with Crippen molar-refractivity contribution < 1.29 is 17.2 Å². The van der Waals surface area contributed by atoms with E-state index in [1.807, 2.05) is 0 Å². The number of benzene rings is 1. The van der Waals surface area contributed by atoms with Crippen molar-refractivity contribution >= 4 is 15.5 Å². The molecule has 2 aromatic rings. The Balaban J connectivity index is 2.49. The first-order chi connectivity index (χ1) is 8.81. The second-order valence-corrected chi connectivity index (χ2v) is 5.80. The lowest BCUT2D eigenvalue weighted by Gasteiger charge is -2.07. The van der Waals surface area contributed by atoms with E-state index in [2.05, 4.69) is 10.1 Å². The fraction of sp³-hybridized carbons (Fsp3) is 0.200. The molecule has 2 rings (SSSR count). The number of hydrogen-bond acceptors (Lipinski definition) is 5. The van der Waals surface area contributed by atoms with Gasteiger partial charge in [0.15, 0.2) is 9.84 Å². The largest absolute Gasteiger partial charge is 0.399 e. The van der Waals surface area contributed by atoms with E-state index >= 15 is 0 Å². The number of anilines is 1. The van der Waals surface area contributed by atoms with E-state index in [0.717, 1.165) is 18.5 Å². The fourth-order valence-electron chi connectivity index (χ4n) is 1.57. The number of aromatic nitrogens is 3. The van der Waals surface area contributed by atoms with Gasteiger partial charge >= 0.3 is 0 Å². The summed E-state index contributed by atoms with van der Waals surface area (Å²) in [6, 6.07) is 1.51. The number of aryl methyl sites for hydroxylation is 1. The number of nitrogen functional groups attached to an aromatic ring is 1. The Kier molecular flexibility index (Phi) is 3.23.